The minimum absolute atomic E-state index is 0.0313. The van der Waals surface area contributed by atoms with Gasteiger partial charge in [-0.05, 0) is 35.4 Å². The third kappa shape index (κ3) is 16.1. The topological polar surface area (TPSA) is 298 Å². The highest BCUT2D eigenvalue weighted by Gasteiger charge is 2.38. The van der Waals surface area contributed by atoms with Gasteiger partial charge in [0, 0.05) is 30.7 Å². The lowest BCUT2D eigenvalue weighted by atomic mass is 9.87. The van der Waals surface area contributed by atoms with Crippen LogP contribution >= 0.6 is 11.8 Å². The molecule has 0 heterocycles. The number of carbonyl (C=O) groups is 6. The van der Waals surface area contributed by atoms with E-state index >= 15 is 0 Å². The van der Waals surface area contributed by atoms with Crippen LogP contribution in [-0.4, -0.2) is 116 Å². The zero-order valence-corrected chi connectivity index (χ0v) is 29.2. The number of aliphatic hydroxyl groups excluding tert-OH is 3. The van der Waals surface area contributed by atoms with E-state index in [1.54, 1.807) is 0 Å². The van der Waals surface area contributed by atoms with Gasteiger partial charge in [-0.2, -0.15) is 13.2 Å². The number of hydrogen-bond acceptors (Lipinski definition) is 13. The predicted octanol–water partition coefficient (Wildman–Crippen LogP) is -0.673. The molecular formula is C32H42F3N5O12S. The number of carboxylic acid groups (broad SMARTS) is 1. The van der Waals surface area contributed by atoms with E-state index in [4.69, 9.17) is 15.6 Å². The summed E-state index contributed by atoms with van der Waals surface area (Å²) in [5.41, 5.74) is 5.55. The van der Waals surface area contributed by atoms with Crippen LogP contribution in [0.25, 0.3) is 0 Å². The molecule has 0 aliphatic carbocycles. The van der Waals surface area contributed by atoms with E-state index in [-0.39, 0.29) is 36.8 Å². The molecule has 2 aromatic carbocycles. The molecule has 0 aromatic heterocycles. The van der Waals surface area contributed by atoms with Gasteiger partial charge < -0.3 is 57.6 Å². The van der Waals surface area contributed by atoms with E-state index in [9.17, 15) is 62.7 Å². The van der Waals surface area contributed by atoms with Gasteiger partial charge in [0.05, 0.1) is 13.2 Å². The van der Waals surface area contributed by atoms with Crippen LogP contribution in [0, 0.1) is 5.41 Å². The Morgan fingerprint density at radius 1 is 0.792 bits per heavy atom. The molecule has 0 bridgehead atoms. The predicted molar refractivity (Wildman–Crippen MR) is 182 cm³/mol. The van der Waals surface area contributed by atoms with Crippen molar-refractivity contribution in [2.45, 2.75) is 50.7 Å². The maximum absolute atomic E-state index is 13.2. The molecule has 0 aliphatic rings. The first kappa shape index (κ1) is 46.1. The summed E-state index contributed by atoms with van der Waals surface area (Å²) in [5, 5.41) is 64.7. The molecule has 53 heavy (non-hydrogen) atoms. The fourth-order valence-electron chi connectivity index (χ4n) is 3.83. The normalized spacial score (nSPS) is 13.5. The number of nitrogens with one attached hydrogen (secondary N) is 4. The molecule has 294 valence electrons. The zero-order chi connectivity index (χ0) is 40.5. The Bertz CT molecular complexity index is 1550. The summed E-state index contributed by atoms with van der Waals surface area (Å²) < 4.78 is 31.7. The molecular weight excluding hydrogens is 735 g/mol. The van der Waals surface area contributed by atoms with Crippen molar-refractivity contribution in [3.05, 3.63) is 59.7 Å². The number of aliphatic carboxylic acids is 1. The Morgan fingerprint density at radius 3 is 1.77 bits per heavy atom. The molecule has 4 atom stereocenters. The molecule has 2 rings (SSSR count). The Kier molecular flexibility index (Phi) is 18.7. The third-order valence-corrected chi connectivity index (χ3v) is 7.99. The van der Waals surface area contributed by atoms with Crippen LogP contribution in [-0.2, 0) is 28.8 Å². The number of thioether (sulfide) groups is 1. The van der Waals surface area contributed by atoms with Crippen LogP contribution in [0.3, 0.4) is 0 Å². The van der Waals surface area contributed by atoms with Gasteiger partial charge >= 0.3 is 12.1 Å². The Hall–Kier alpha value is -4.96. The van der Waals surface area contributed by atoms with Crippen molar-refractivity contribution in [1.29, 1.82) is 0 Å². The number of alkyl halides is 3. The van der Waals surface area contributed by atoms with Gasteiger partial charge in [-0.25, -0.2) is 4.79 Å². The first-order valence-corrected chi connectivity index (χ1v) is 16.5. The highest BCUT2D eigenvalue weighted by molar-refractivity contribution is 8.13. The molecule has 0 saturated carbocycles. The van der Waals surface area contributed by atoms with E-state index < -0.39 is 83.7 Å². The first-order valence-electron chi connectivity index (χ1n) is 15.5. The molecule has 21 heteroatoms. The lowest BCUT2D eigenvalue weighted by Crippen LogP contribution is -2.52. The molecule has 4 amide bonds. The Morgan fingerprint density at radius 2 is 1.30 bits per heavy atom. The van der Waals surface area contributed by atoms with Crippen LogP contribution in [0.4, 0.5) is 13.2 Å². The minimum Gasteiger partial charge on any atom is -0.508 e. The second-order valence-corrected chi connectivity index (χ2v) is 12.9. The maximum atomic E-state index is 13.2. The van der Waals surface area contributed by atoms with Crippen LogP contribution in [0.2, 0.25) is 0 Å². The van der Waals surface area contributed by atoms with Gasteiger partial charge in [0.25, 0.3) is 0 Å². The number of aliphatic hydroxyl groups is 3. The van der Waals surface area contributed by atoms with Crippen molar-refractivity contribution in [2.24, 2.45) is 11.1 Å². The van der Waals surface area contributed by atoms with E-state index in [2.05, 4.69) is 21.3 Å². The minimum atomic E-state index is -5.08. The van der Waals surface area contributed by atoms with Gasteiger partial charge in [0.2, 0.25) is 28.7 Å². The summed E-state index contributed by atoms with van der Waals surface area (Å²) in [6.45, 7) is 1.80. The number of benzene rings is 2. The number of phenolic OH excluding ortho intramolecular Hbond substituents is 2. The molecule has 0 unspecified atom stereocenters. The van der Waals surface area contributed by atoms with Gasteiger partial charge in [-0.3, -0.25) is 24.0 Å². The molecule has 0 saturated heterocycles. The smallest absolute Gasteiger partial charge is 0.490 e. The lowest BCUT2D eigenvalue weighted by molar-refractivity contribution is -0.192. The number of rotatable bonds is 17. The number of phenols is 2. The quantitative estimate of drug-likeness (QED) is 0.0889. The number of hydrogen-bond donors (Lipinski definition) is 11. The fourth-order valence-corrected chi connectivity index (χ4v) is 4.59. The first-order chi connectivity index (χ1) is 24.6. The molecule has 2 aromatic rings. The monoisotopic (exact) mass is 777 g/mol. The van der Waals surface area contributed by atoms with Gasteiger partial charge in [-0.1, -0.05) is 49.9 Å². The van der Waals surface area contributed by atoms with Crippen molar-refractivity contribution < 1.29 is 72.6 Å². The zero-order valence-electron chi connectivity index (χ0n) is 28.4. The molecule has 17 nitrogen and oxygen atoms in total. The van der Waals surface area contributed by atoms with E-state index in [1.165, 1.54) is 62.4 Å². The Labute approximate surface area is 305 Å². The Balaban J connectivity index is 0.00000181. The third-order valence-electron chi connectivity index (χ3n) is 7.06. The number of carbonyl (C=O) groups excluding carboxylic acids is 5. The van der Waals surface area contributed by atoms with Crippen molar-refractivity contribution >= 4 is 46.5 Å². The maximum Gasteiger partial charge on any atom is 0.490 e. The number of carboxylic acids is 1. The van der Waals surface area contributed by atoms with Gasteiger partial charge in [0.15, 0.2) is 0 Å². The van der Waals surface area contributed by atoms with Crippen molar-refractivity contribution in [1.82, 2.24) is 21.3 Å². The summed E-state index contributed by atoms with van der Waals surface area (Å²) in [5.74, 6) is -5.59. The fraction of sp³-hybridized carbons (Fsp3) is 0.438. The van der Waals surface area contributed by atoms with E-state index in [0.29, 0.717) is 11.1 Å². The van der Waals surface area contributed by atoms with Crippen molar-refractivity contribution in [3.8, 4) is 11.5 Å². The van der Waals surface area contributed by atoms with Crippen molar-refractivity contribution in [3.63, 3.8) is 0 Å². The summed E-state index contributed by atoms with van der Waals surface area (Å²) in [6.07, 6.45) is -6.65. The molecule has 0 spiro atoms. The van der Waals surface area contributed by atoms with Crippen LogP contribution in [0.1, 0.15) is 43.5 Å². The number of halogens is 3. The molecule has 0 fully saturated rings. The highest BCUT2D eigenvalue weighted by atomic mass is 32.2. The van der Waals surface area contributed by atoms with Crippen LogP contribution in [0.15, 0.2) is 48.5 Å². The van der Waals surface area contributed by atoms with Gasteiger partial charge in [0.1, 0.15) is 35.7 Å². The average molecular weight is 778 g/mol. The second-order valence-electron chi connectivity index (χ2n) is 11.8. The summed E-state index contributed by atoms with van der Waals surface area (Å²) in [7, 11) is 0. The largest absolute Gasteiger partial charge is 0.508 e. The average Bonchev–Trinajstić information content (AvgIpc) is 3.10. The highest BCUT2D eigenvalue weighted by Crippen LogP contribution is 2.23. The lowest BCUT2D eigenvalue weighted by Gasteiger charge is -2.27. The number of nitrogens with two attached hydrogens (primary N) is 1. The number of aromatic hydroxyl groups is 2. The standard InChI is InChI=1S/C30H41N5O10S.C2HF3O2/c1-30(2,16-37)25(41)28(44)33-12-11-22(40)32-13-14-46-29(45)24(18-5-9-20(39)10-6-18)35-26(42)21(15-36)34-27(43)23(31)17-3-7-19(38)8-4-17;3-2(4,5)1(6)7/h3-10,21,23-25,36-39,41H,11-16,31H2,1-2H3,(H,32,40)(H,33,44)(H,34,43)(H,35,42);(H,6,7)/t21-,23+,24+,25-;/m0./s1. The molecule has 12 N–H and O–H groups in total. The van der Waals surface area contributed by atoms with Gasteiger partial charge in [-0.15, -0.1) is 0 Å². The van der Waals surface area contributed by atoms with E-state index in [1.807, 2.05) is 0 Å². The number of amides is 4. The van der Waals surface area contributed by atoms with Crippen LogP contribution in [0.5, 0.6) is 11.5 Å². The second kappa shape index (κ2) is 21.5. The van der Waals surface area contributed by atoms with E-state index in [0.717, 1.165) is 11.8 Å². The molecule has 0 radical (unpaired) electrons. The summed E-state index contributed by atoms with van der Waals surface area (Å²) in [4.78, 5) is 72.0. The molecule has 0 aliphatic heterocycles. The van der Waals surface area contributed by atoms with Crippen molar-refractivity contribution in [2.75, 3.05) is 32.1 Å². The SMILES string of the molecule is CC(C)(CO)[C@@H](O)C(=O)NCCC(=O)NCCSC(=O)[C@H](NC(=O)[C@H](CO)NC(=O)[C@H](N)c1ccc(O)cc1)c1ccc(O)cc1.O=C(O)C(F)(F)F. The summed E-state index contributed by atoms with van der Waals surface area (Å²) in [6, 6.07) is 7.06. The van der Waals surface area contributed by atoms with Crippen LogP contribution < -0.4 is 27.0 Å². The summed E-state index contributed by atoms with van der Waals surface area (Å²) >= 11 is 0.794.